The van der Waals surface area contributed by atoms with Crippen molar-refractivity contribution < 1.29 is 9.90 Å². The van der Waals surface area contributed by atoms with Crippen molar-refractivity contribution in [3.8, 4) is 0 Å². The van der Waals surface area contributed by atoms with Crippen molar-refractivity contribution in [1.82, 2.24) is 0 Å². The molecule has 0 aliphatic rings. The van der Waals surface area contributed by atoms with Crippen LogP contribution >= 0.6 is 11.6 Å². The van der Waals surface area contributed by atoms with Gasteiger partial charge in [-0.3, -0.25) is 4.79 Å². The number of hydrogen-bond donors (Lipinski definition) is 1. The fourth-order valence-electron chi connectivity index (χ4n) is 1.50. The molecular weight excluding hydrogens is 200 g/mol. The minimum atomic E-state index is -0.826. The minimum Gasteiger partial charge on any atom is -0.481 e. The zero-order chi connectivity index (χ0) is 10.7. The van der Waals surface area contributed by atoms with E-state index in [1.54, 1.807) is 24.3 Å². The average Bonchev–Trinajstić information content (AvgIpc) is 2.07. The van der Waals surface area contributed by atoms with Crippen LogP contribution < -0.4 is 0 Å². The molecule has 1 N–H and O–H groups in total. The summed E-state index contributed by atoms with van der Waals surface area (Å²) in [6, 6.07) is 7.08. The van der Waals surface area contributed by atoms with E-state index in [1.165, 1.54) is 0 Å². The third-order valence-corrected chi connectivity index (χ3v) is 2.52. The van der Waals surface area contributed by atoms with E-state index in [2.05, 4.69) is 0 Å². The van der Waals surface area contributed by atoms with Crippen LogP contribution in [0.3, 0.4) is 0 Å². The van der Waals surface area contributed by atoms with Gasteiger partial charge in [0.25, 0.3) is 0 Å². The summed E-state index contributed by atoms with van der Waals surface area (Å²) in [4.78, 5) is 11.0. The molecule has 0 aliphatic carbocycles. The molecule has 3 heteroatoms. The van der Waals surface area contributed by atoms with E-state index < -0.39 is 11.9 Å². The summed E-state index contributed by atoms with van der Waals surface area (Å²) < 4.78 is 0. The second-order valence-corrected chi connectivity index (χ2v) is 3.99. The first-order valence-electron chi connectivity index (χ1n) is 4.51. The molecule has 0 saturated carbocycles. The highest BCUT2D eigenvalue weighted by Gasteiger charge is 2.25. The molecule has 2 nitrogen and oxygen atoms in total. The molecule has 0 saturated heterocycles. The lowest BCUT2D eigenvalue weighted by molar-refractivity contribution is -0.139. The summed E-state index contributed by atoms with van der Waals surface area (Å²) in [6.07, 6.45) is 0. The van der Waals surface area contributed by atoms with Crippen molar-refractivity contribution in [2.24, 2.45) is 5.92 Å². The van der Waals surface area contributed by atoms with Gasteiger partial charge in [0.15, 0.2) is 0 Å². The number of carboxylic acids is 1. The van der Waals surface area contributed by atoms with Crippen LogP contribution in [0.4, 0.5) is 0 Å². The van der Waals surface area contributed by atoms with Crippen LogP contribution in [0.15, 0.2) is 24.3 Å². The number of carboxylic acid groups (broad SMARTS) is 1. The number of benzene rings is 1. The molecule has 0 bridgehead atoms. The van der Waals surface area contributed by atoms with Crippen LogP contribution in [0, 0.1) is 5.92 Å². The average molecular weight is 213 g/mol. The van der Waals surface area contributed by atoms with Gasteiger partial charge < -0.3 is 5.11 Å². The summed E-state index contributed by atoms with van der Waals surface area (Å²) >= 11 is 5.94. The van der Waals surface area contributed by atoms with Crippen LogP contribution in [-0.4, -0.2) is 11.1 Å². The van der Waals surface area contributed by atoms with Gasteiger partial charge in [-0.2, -0.15) is 0 Å². The summed E-state index contributed by atoms with van der Waals surface area (Å²) in [6.45, 7) is 3.75. The molecule has 0 unspecified atom stereocenters. The number of aliphatic carboxylic acids is 1. The second-order valence-electron chi connectivity index (χ2n) is 3.58. The fourth-order valence-corrected chi connectivity index (χ4v) is 1.76. The van der Waals surface area contributed by atoms with Gasteiger partial charge in [-0.15, -0.1) is 0 Å². The van der Waals surface area contributed by atoms with Gasteiger partial charge in [0.2, 0.25) is 0 Å². The Morgan fingerprint density at radius 3 is 2.36 bits per heavy atom. The highest BCUT2D eigenvalue weighted by atomic mass is 35.5. The maximum Gasteiger partial charge on any atom is 0.311 e. The fraction of sp³-hybridized carbons (Fsp3) is 0.364. The summed E-state index contributed by atoms with van der Waals surface area (Å²) in [5, 5.41) is 9.58. The minimum absolute atomic E-state index is 0.0346. The summed E-state index contributed by atoms with van der Waals surface area (Å²) in [5.74, 6) is -1.32. The van der Waals surface area contributed by atoms with Crippen molar-refractivity contribution in [1.29, 1.82) is 0 Å². The quantitative estimate of drug-likeness (QED) is 0.836. The van der Waals surface area contributed by atoms with Crippen LogP contribution in [0.2, 0.25) is 5.02 Å². The second kappa shape index (κ2) is 4.47. The Morgan fingerprint density at radius 1 is 1.36 bits per heavy atom. The maximum atomic E-state index is 11.0. The van der Waals surface area contributed by atoms with E-state index in [4.69, 9.17) is 16.7 Å². The van der Waals surface area contributed by atoms with Gasteiger partial charge in [0.05, 0.1) is 5.92 Å². The third-order valence-electron chi connectivity index (χ3n) is 2.17. The molecule has 1 rings (SSSR count). The zero-order valence-corrected chi connectivity index (χ0v) is 8.95. The maximum absolute atomic E-state index is 11.0. The Morgan fingerprint density at radius 2 is 1.93 bits per heavy atom. The monoisotopic (exact) mass is 212 g/mol. The molecular formula is C11H13ClO2. The smallest absolute Gasteiger partial charge is 0.311 e. The van der Waals surface area contributed by atoms with Crippen molar-refractivity contribution in [2.45, 2.75) is 19.8 Å². The Labute approximate surface area is 88.5 Å². The molecule has 0 amide bonds. The lowest BCUT2D eigenvalue weighted by Crippen LogP contribution is -2.17. The van der Waals surface area contributed by atoms with Gasteiger partial charge in [-0.1, -0.05) is 43.6 Å². The van der Waals surface area contributed by atoms with E-state index in [0.717, 1.165) is 0 Å². The van der Waals surface area contributed by atoms with Crippen LogP contribution in [0.25, 0.3) is 0 Å². The van der Waals surface area contributed by atoms with Gasteiger partial charge in [0.1, 0.15) is 0 Å². The van der Waals surface area contributed by atoms with E-state index in [9.17, 15) is 4.79 Å². The molecule has 0 radical (unpaired) electrons. The highest BCUT2D eigenvalue weighted by molar-refractivity contribution is 6.31. The molecule has 14 heavy (non-hydrogen) atoms. The molecule has 76 valence electrons. The normalized spacial score (nSPS) is 12.9. The van der Waals surface area contributed by atoms with Gasteiger partial charge >= 0.3 is 5.97 Å². The molecule has 1 atom stereocenters. The molecule has 1 aromatic rings. The Kier molecular flexibility index (Phi) is 3.53. The first kappa shape index (κ1) is 11.1. The lowest BCUT2D eigenvalue weighted by atomic mass is 9.88. The SMILES string of the molecule is CC(C)[C@@H](C(=O)O)c1ccccc1Cl. The molecule has 0 spiro atoms. The third kappa shape index (κ3) is 2.26. The zero-order valence-electron chi connectivity index (χ0n) is 8.20. The molecule has 0 heterocycles. The lowest BCUT2D eigenvalue weighted by Gasteiger charge is -2.17. The van der Waals surface area contributed by atoms with Crippen molar-refractivity contribution in [3.63, 3.8) is 0 Å². The van der Waals surface area contributed by atoms with Crippen LogP contribution in [0.5, 0.6) is 0 Å². The first-order chi connectivity index (χ1) is 6.54. The molecule has 1 aromatic carbocycles. The highest BCUT2D eigenvalue weighted by Crippen LogP contribution is 2.30. The topological polar surface area (TPSA) is 37.3 Å². The van der Waals surface area contributed by atoms with Crippen molar-refractivity contribution in [2.75, 3.05) is 0 Å². The Hall–Kier alpha value is -1.02. The van der Waals surface area contributed by atoms with Crippen molar-refractivity contribution in [3.05, 3.63) is 34.9 Å². The molecule has 0 aliphatic heterocycles. The predicted octanol–water partition coefficient (Wildman–Crippen LogP) is 3.16. The summed E-state index contributed by atoms with van der Waals surface area (Å²) in [5.41, 5.74) is 0.691. The largest absolute Gasteiger partial charge is 0.481 e. The van der Waals surface area contributed by atoms with E-state index in [0.29, 0.717) is 10.6 Å². The molecule has 0 aromatic heterocycles. The van der Waals surface area contributed by atoms with E-state index in [1.807, 2.05) is 13.8 Å². The van der Waals surface area contributed by atoms with Gasteiger partial charge in [0, 0.05) is 5.02 Å². The summed E-state index contributed by atoms with van der Waals surface area (Å²) in [7, 11) is 0. The van der Waals surface area contributed by atoms with Crippen molar-refractivity contribution >= 4 is 17.6 Å². The number of halogens is 1. The van der Waals surface area contributed by atoms with Crippen LogP contribution in [0.1, 0.15) is 25.3 Å². The molecule has 0 fully saturated rings. The standard InChI is InChI=1S/C11H13ClO2/c1-7(2)10(11(13)14)8-5-3-4-6-9(8)12/h3-7,10H,1-2H3,(H,13,14)/t10-/m1/s1. The predicted molar refractivity (Wildman–Crippen MR) is 56.7 cm³/mol. The number of carbonyl (C=O) groups is 1. The Bertz CT molecular complexity index is 334. The van der Waals surface area contributed by atoms with E-state index in [-0.39, 0.29) is 5.92 Å². The van der Waals surface area contributed by atoms with E-state index >= 15 is 0 Å². The van der Waals surface area contributed by atoms with Crippen LogP contribution in [-0.2, 0) is 4.79 Å². The van der Waals surface area contributed by atoms with Gasteiger partial charge in [-0.25, -0.2) is 0 Å². The van der Waals surface area contributed by atoms with Gasteiger partial charge in [-0.05, 0) is 17.5 Å². The first-order valence-corrected chi connectivity index (χ1v) is 4.89. The Balaban J connectivity index is 3.12. The number of hydrogen-bond acceptors (Lipinski definition) is 1. The number of rotatable bonds is 3.